The highest BCUT2D eigenvalue weighted by atomic mass is 79.9. The molecule has 0 radical (unpaired) electrons. The second kappa shape index (κ2) is 4.98. The van der Waals surface area contributed by atoms with Crippen LogP contribution in [0.3, 0.4) is 0 Å². The monoisotopic (exact) mass is 316 g/mol. The van der Waals surface area contributed by atoms with Crippen LogP contribution in [0.5, 0.6) is 11.6 Å². The lowest BCUT2D eigenvalue weighted by Crippen LogP contribution is -1.93. The molecule has 0 atom stereocenters. The van der Waals surface area contributed by atoms with Gasteiger partial charge in [-0.15, -0.1) is 0 Å². The molecule has 0 spiro atoms. The molecule has 0 saturated heterocycles. The van der Waals surface area contributed by atoms with Crippen molar-refractivity contribution in [2.45, 2.75) is 6.92 Å². The Morgan fingerprint density at radius 3 is 2.88 bits per heavy atom. The quantitative estimate of drug-likeness (QED) is 0.781. The zero-order valence-electron chi connectivity index (χ0n) is 8.75. The van der Waals surface area contributed by atoms with Crippen molar-refractivity contribution < 1.29 is 9.13 Å². The summed E-state index contributed by atoms with van der Waals surface area (Å²) >= 11 is 9.00. The highest BCUT2D eigenvalue weighted by molar-refractivity contribution is 9.10. The maximum atomic E-state index is 13.1. The first kappa shape index (κ1) is 12.3. The summed E-state index contributed by atoms with van der Waals surface area (Å²) in [6, 6.07) is 4.28. The van der Waals surface area contributed by atoms with E-state index in [1.165, 1.54) is 18.5 Å². The van der Waals surface area contributed by atoms with E-state index in [0.717, 1.165) is 5.56 Å². The third kappa shape index (κ3) is 2.73. The molecule has 17 heavy (non-hydrogen) atoms. The van der Waals surface area contributed by atoms with Crippen LogP contribution < -0.4 is 4.74 Å². The van der Waals surface area contributed by atoms with Crippen molar-refractivity contribution in [2.24, 2.45) is 0 Å². The number of hydrogen-bond donors (Lipinski definition) is 0. The zero-order chi connectivity index (χ0) is 12.4. The van der Waals surface area contributed by atoms with Gasteiger partial charge < -0.3 is 4.74 Å². The molecule has 2 aromatic rings. The molecule has 0 N–H and O–H groups in total. The van der Waals surface area contributed by atoms with E-state index in [-0.39, 0.29) is 16.9 Å². The summed E-state index contributed by atoms with van der Waals surface area (Å²) in [5.74, 6) is 0.265. The first-order chi connectivity index (χ1) is 8.08. The molecule has 88 valence electrons. The summed E-state index contributed by atoms with van der Waals surface area (Å²) in [5.41, 5.74) is 0.799. The van der Waals surface area contributed by atoms with Gasteiger partial charge in [0.05, 0.1) is 0 Å². The molecule has 0 aliphatic rings. The van der Waals surface area contributed by atoms with Crippen molar-refractivity contribution in [2.75, 3.05) is 0 Å². The average molecular weight is 318 g/mol. The van der Waals surface area contributed by atoms with Crippen LogP contribution in [-0.2, 0) is 0 Å². The fourth-order valence-corrected chi connectivity index (χ4v) is 1.60. The molecule has 2 rings (SSSR count). The van der Waals surface area contributed by atoms with E-state index in [1.807, 2.05) is 6.92 Å². The highest BCUT2D eigenvalue weighted by Gasteiger charge is 2.10. The number of rotatable bonds is 2. The Balaban J connectivity index is 2.38. The van der Waals surface area contributed by atoms with E-state index in [9.17, 15) is 4.39 Å². The molecule has 0 bridgehead atoms. The number of halogens is 3. The molecule has 0 aliphatic heterocycles. The van der Waals surface area contributed by atoms with Crippen LogP contribution in [-0.4, -0.2) is 9.97 Å². The van der Waals surface area contributed by atoms with E-state index in [4.69, 9.17) is 16.3 Å². The van der Waals surface area contributed by atoms with Gasteiger partial charge in [0.1, 0.15) is 22.4 Å². The SMILES string of the molecule is Cc1ccc(F)cc1Oc1ncnc(Cl)c1Br. The van der Waals surface area contributed by atoms with Crippen molar-refractivity contribution >= 4 is 27.5 Å². The first-order valence-electron chi connectivity index (χ1n) is 4.68. The third-order valence-corrected chi connectivity index (χ3v) is 3.30. The topological polar surface area (TPSA) is 35.0 Å². The molecule has 0 saturated carbocycles. The third-order valence-electron chi connectivity index (χ3n) is 2.07. The van der Waals surface area contributed by atoms with Crippen LogP contribution in [0.25, 0.3) is 0 Å². The Morgan fingerprint density at radius 2 is 2.12 bits per heavy atom. The molecule has 0 fully saturated rings. The van der Waals surface area contributed by atoms with E-state index < -0.39 is 0 Å². The van der Waals surface area contributed by atoms with Crippen LogP contribution in [0.2, 0.25) is 5.15 Å². The van der Waals surface area contributed by atoms with Crippen LogP contribution in [0.4, 0.5) is 4.39 Å². The highest BCUT2D eigenvalue weighted by Crippen LogP contribution is 2.32. The van der Waals surface area contributed by atoms with Gasteiger partial charge in [0, 0.05) is 6.07 Å². The summed E-state index contributed by atoms with van der Waals surface area (Å²) in [4.78, 5) is 7.69. The predicted molar refractivity (Wildman–Crippen MR) is 66.0 cm³/mol. The van der Waals surface area contributed by atoms with Crippen molar-refractivity contribution in [3.05, 3.63) is 45.5 Å². The molecular weight excluding hydrogens is 310 g/mol. The molecule has 1 aromatic carbocycles. The first-order valence-corrected chi connectivity index (χ1v) is 5.85. The van der Waals surface area contributed by atoms with Crippen molar-refractivity contribution in [1.82, 2.24) is 9.97 Å². The minimum absolute atomic E-state index is 0.240. The fraction of sp³-hybridized carbons (Fsp3) is 0.0909. The lowest BCUT2D eigenvalue weighted by Gasteiger charge is -2.09. The van der Waals surface area contributed by atoms with Gasteiger partial charge in [0.2, 0.25) is 5.88 Å². The summed E-state index contributed by atoms with van der Waals surface area (Å²) in [5, 5.41) is 0.240. The molecule has 0 aliphatic carbocycles. The lowest BCUT2D eigenvalue weighted by atomic mass is 10.2. The number of benzene rings is 1. The van der Waals surface area contributed by atoms with Crippen molar-refractivity contribution in [3.63, 3.8) is 0 Å². The number of nitrogens with zero attached hydrogens (tertiary/aromatic N) is 2. The van der Waals surface area contributed by atoms with Crippen LogP contribution in [0.1, 0.15) is 5.56 Å². The number of aryl methyl sites for hydroxylation is 1. The largest absolute Gasteiger partial charge is 0.437 e. The minimum Gasteiger partial charge on any atom is -0.437 e. The van der Waals surface area contributed by atoms with Gasteiger partial charge in [-0.25, -0.2) is 14.4 Å². The normalized spacial score (nSPS) is 10.4. The van der Waals surface area contributed by atoms with Gasteiger partial charge in [-0.1, -0.05) is 17.7 Å². The summed E-state index contributed by atoms with van der Waals surface area (Å²) in [6.45, 7) is 1.81. The second-order valence-corrected chi connectivity index (χ2v) is 4.45. The molecule has 1 heterocycles. The zero-order valence-corrected chi connectivity index (χ0v) is 11.1. The number of ether oxygens (including phenoxy) is 1. The smallest absolute Gasteiger partial charge is 0.238 e. The second-order valence-electron chi connectivity index (χ2n) is 3.30. The van der Waals surface area contributed by atoms with Crippen molar-refractivity contribution in [1.29, 1.82) is 0 Å². The lowest BCUT2D eigenvalue weighted by molar-refractivity contribution is 0.450. The van der Waals surface area contributed by atoms with Gasteiger partial charge in [-0.05, 0) is 34.5 Å². The maximum absolute atomic E-state index is 13.1. The average Bonchev–Trinajstić information content (AvgIpc) is 2.30. The number of aromatic nitrogens is 2. The van der Waals surface area contributed by atoms with Gasteiger partial charge in [-0.3, -0.25) is 0 Å². The van der Waals surface area contributed by atoms with E-state index in [0.29, 0.717) is 10.2 Å². The number of hydrogen-bond acceptors (Lipinski definition) is 3. The van der Waals surface area contributed by atoms with Crippen LogP contribution in [0.15, 0.2) is 29.0 Å². The Morgan fingerprint density at radius 1 is 1.35 bits per heavy atom. The Kier molecular flexibility index (Phi) is 3.59. The van der Waals surface area contributed by atoms with Gasteiger partial charge in [0.15, 0.2) is 5.15 Å². The summed E-state index contributed by atoms with van der Waals surface area (Å²) in [7, 11) is 0. The summed E-state index contributed by atoms with van der Waals surface area (Å²) < 4.78 is 19.0. The standard InChI is InChI=1S/C11H7BrClFN2O/c1-6-2-3-7(14)4-8(6)17-11-9(12)10(13)15-5-16-11/h2-5H,1H3. The molecule has 3 nitrogen and oxygen atoms in total. The minimum atomic E-state index is -0.373. The maximum Gasteiger partial charge on any atom is 0.238 e. The molecular formula is C11H7BrClFN2O. The van der Waals surface area contributed by atoms with Crippen molar-refractivity contribution in [3.8, 4) is 11.6 Å². The summed E-state index contributed by atoms with van der Waals surface area (Å²) in [6.07, 6.45) is 1.27. The van der Waals surface area contributed by atoms with Gasteiger partial charge in [-0.2, -0.15) is 0 Å². The van der Waals surface area contributed by atoms with E-state index in [1.54, 1.807) is 6.07 Å². The molecule has 0 amide bonds. The van der Waals surface area contributed by atoms with Crippen LogP contribution >= 0.6 is 27.5 Å². The Labute approximate surface area is 111 Å². The molecule has 1 aromatic heterocycles. The van der Waals surface area contributed by atoms with Crippen LogP contribution in [0, 0.1) is 12.7 Å². The van der Waals surface area contributed by atoms with E-state index in [2.05, 4.69) is 25.9 Å². The van der Waals surface area contributed by atoms with E-state index >= 15 is 0 Å². The predicted octanol–water partition coefficient (Wildman–Crippen LogP) is 4.13. The molecule has 0 unspecified atom stereocenters. The van der Waals surface area contributed by atoms with Gasteiger partial charge in [0.25, 0.3) is 0 Å². The fourth-order valence-electron chi connectivity index (χ4n) is 1.19. The molecule has 6 heteroatoms. The Bertz CT molecular complexity index is 565. The van der Waals surface area contributed by atoms with Gasteiger partial charge >= 0.3 is 0 Å². The Hall–Kier alpha value is -1.20.